The lowest BCUT2D eigenvalue weighted by molar-refractivity contribution is 0.0540. The Hall–Kier alpha value is -3.39. The van der Waals surface area contributed by atoms with Crippen LogP contribution in [-0.4, -0.2) is 58.8 Å². The molecule has 1 fully saturated rings. The van der Waals surface area contributed by atoms with Crippen molar-refractivity contribution in [1.82, 2.24) is 20.1 Å². The SMILES string of the molecule is Cc1ccc(C(=O)N(Cc2ccc(C(=O)NCC3=C(F)CCC=C3F)cc2)C2CCN(CCC(C)C)CC2)nc1. The Morgan fingerprint density at radius 3 is 2.45 bits per heavy atom. The van der Waals surface area contributed by atoms with Gasteiger partial charge < -0.3 is 15.1 Å². The summed E-state index contributed by atoms with van der Waals surface area (Å²) in [5.41, 5.74) is 2.62. The van der Waals surface area contributed by atoms with Crippen molar-refractivity contribution in [1.29, 1.82) is 0 Å². The van der Waals surface area contributed by atoms with Crippen LogP contribution in [0, 0.1) is 12.8 Å². The van der Waals surface area contributed by atoms with Gasteiger partial charge in [0.2, 0.25) is 0 Å². The van der Waals surface area contributed by atoms with Gasteiger partial charge in [0.05, 0.1) is 0 Å². The second kappa shape index (κ2) is 13.8. The molecule has 1 N–H and O–H groups in total. The van der Waals surface area contributed by atoms with Crippen LogP contribution in [0.3, 0.4) is 0 Å². The van der Waals surface area contributed by atoms with E-state index in [1.807, 2.05) is 30.0 Å². The Labute approximate surface area is 236 Å². The van der Waals surface area contributed by atoms with E-state index in [-0.39, 0.29) is 30.5 Å². The quantitative estimate of drug-likeness (QED) is 0.386. The molecule has 1 aliphatic heterocycles. The third-order valence-corrected chi connectivity index (χ3v) is 7.71. The maximum atomic E-state index is 14.0. The van der Waals surface area contributed by atoms with Crippen molar-refractivity contribution >= 4 is 11.8 Å². The number of aromatic nitrogens is 1. The van der Waals surface area contributed by atoms with E-state index in [1.165, 1.54) is 12.5 Å². The van der Waals surface area contributed by atoms with E-state index in [2.05, 4.69) is 29.0 Å². The Balaban J connectivity index is 1.43. The van der Waals surface area contributed by atoms with Crippen LogP contribution in [-0.2, 0) is 6.54 Å². The van der Waals surface area contributed by atoms with Gasteiger partial charge in [0.1, 0.15) is 17.3 Å². The molecular formula is C32H40F2N4O2. The first kappa shape index (κ1) is 29.6. The van der Waals surface area contributed by atoms with Gasteiger partial charge in [0, 0.05) is 56.0 Å². The smallest absolute Gasteiger partial charge is 0.272 e. The van der Waals surface area contributed by atoms with Crippen LogP contribution in [0.15, 0.2) is 65.9 Å². The minimum absolute atomic E-state index is 0.0923. The number of rotatable bonds is 10. The molecule has 40 heavy (non-hydrogen) atoms. The predicted molar refractivity (Wildman–Crippen MR) is 153 cm³/mol. The molecule has 8 heteroatoms. The summed E-state index contributed by atoms with van der Waals surface area (Å²) in [5.74, 6) is -0.972. The van der Waals surface area contributed by atoms with Crippen molar-refractivity contribution in [2.45, 2.75) is 65.5 Å². The second-order valence-electron chi connectivity index (χ2n) is 11.3. The summed E-state index contributed by atoms with van der Waals surface area (Å²) in [4.78, 5) is 35.1. The highest BCUT2D eigenvalue weighted by Crippen LogP contribution is 2.27. The zero-order valence-corrected chi connectivity index (χ0v) is 23.8. The van der Waals surface area contributed by atoms with E-state index < -0.39 is 17.6 Å². The Kier molecular flexibility index (Phi) is 10.2. The van der Waals surface area contributed by atoms with Crippen LogP contribution in [0.25, 0.3) is 0 Å². The highest BCUT2D eigenvalue weighted by molar-refractivity contribution is 5.94. The summed E-state index contributed by atoms with van der Waals surface area (Å²) >= 11 is 0. The van der Waals surface area contributed by atoms with Crippen molar-refractivity contribution in [3.05, 3.63) is 88.3 Å². The van der Waals surface area contributed by atoms with E-state index in [0.717, 1.165) is 43.6 Å². The normalized spacial score (nSPS) is 16.7. The number of allylic oxidation sites excluding steroid dienone is 2. The molecule has 2 amide bonds. The fourth-order valence-electron chi connectivity index (χ4n) is 5.14. The highest BCUT2D eigenvalue weighted by atomic mass is 19.1. The zero-order chi connectivity index (χ0) is 28.6. The highest BCUT2D eigenvalue weighted by Gasteiger charge is 2.29. The molecule has 0 atom stereocenters. The largest absolute Gasteiger partial charge is 0.348 e. The molecule has 4 rings (SSSR count). The van der Waals surface area contributed by atoms with E-state index in [0.29, 0.717) is 30.1 Å². The number of hydrogen-bond acceptors (Lipinski definition) is 4. The van der Waals surface area contributed by atoms with Crippen molar-refractivity contribution in [2.75, 3.05) is 26.2 Å². The molecule has 0 unspecified atom stereocenters. The van der Waals surface area contributed by atoms with Gasteiger partial charge in [-0.15, -0.1) is 0 Å². The molecule has 1 aromatic carbocycles. The lowest BCUT2D eigenvalue weighted by atomic mass is 10.00. The molecule has 1 aromatic heterocycles. The van der Waals surface area contributed by atoms with E-state index in [1.54, 1.807) is 24.4 Å². The van der Waals surface area contributed by atoms with Crippen LogP contribution in [0.2, 0.25) is 0 Å². The molecule has 2 heterocycles. The molecule has 2 aromatic rings. The first-order valence-corrected chi connectivity index (χ1v) is 14.3. The van der Waals surface area contributed by atoms with Gasteiger partial charge in [-0.1, -0.05) is 32.0 Å². The summed E-state index contributed by atoms with van der Waals surface area (Å²) in [6.45, 7) is 9.61. The molecule has 1 saturated heterocycles. The number of hydrogen-bond donors (Lipinski definition) is 1. The third kappa shape index (κ3) is 7.84. The number of carbonyl (C=O) groups excluding carboxylic acids is 2. The molecule has 0 radical (unpaired) electrons. The predicted octanol–water partition coefficient (Wildman–Crippen LogP) is 6.14. The van der Waals surface area contributed by atoms with Gasteiger partial charge in [-0.05, 0) is 80.5 Å². The third-order valence-electron chi connectivity index (χ3n) is 7.71. The number of amides is 2. The molecule has 214 valence electrons. The fraction of sp³-hybridized carbons (Fsp3) is 0.469. The van der Waals surface area contributed by atoms with Gasteiger partial charge in [-0.2, -0.15) is 0 Å². The van der Waals surface area contributed by atoms with Gasteiger partial charge in [-0.3, -0.25) is 14.6 Å². The van der Waals surface area contributed by atoms with Crippen molar-refractivity contribution in [3.8, 4) is 0 Å². The molecule has 6 nitrogen and oxygen atoms in total. The number of piperidine rings is 1. The number of nitrogens with zero attached hydrogens (tertiary/aromatic N) is 3. The molecule has 0 bridgehead atoms. The lowest BCUT2D eigenvalue weighted by Gasteiger charge is -2.38. The number of carbonyl (C=O) groups is 2. The molecule has 1 aliphatic carbocycles. The number of halogens is 2. The van der Waals surface area contributed by atoms with Crippen LogP contribution >= 0.6 is 0 Å². The standard InChI is InChI=1S/C32H40F2N4O2/c1-22(2)13-16-37-17-14-26(15-18-37)38(32(40)30-12-7-23(3)19-35-30)21-24-8-10-25(11-9-24)31(39)36-20-27-28(33)5-4-6-29(27)34/h5,7-12,19,22,26H,4,6,13-18,20-21H2,1-3H3,(H,36,39). The number of aryl methyl sites for hydroxylation is 1. The summed E-state index contributed by atoms with van der Waals surface area (Å²) in [6.07, 6.45) is 6.49. The minimum atomic E-state index is -0.613. The zero-order valence-electron chi connectivity index (χ0n) is 23.8. The van der Waals surface area contributed by atoms with Crippen LogP contribution in [0.1, 0.15) is 77.9 Å². The maximum Gasteiger partial charge on any atom is 0.272 e. The van der Waals surface area contributed by atoms with Crippen LogP contribution in [0.4, 0.5) is 8.78 Å². The topological polar surface area (TPSA) is 65.5 Å². The lowest BCUT2D eigenvalue weighted by Crippen LogP contribution is -2.47. The van der Waals surface area contributed by atoms with Gasteiger partial charge in [0.15, 0.2) is 0 Å². The molecule has 2 aliphatic rings. The number of nitrogens with one attached hydrogen (secondary N) is 1. The van der Waals surface area contributed by atoms with Crippen molar-refractivity contribution in [3.63, 3.8) is 0 Å². The summed E-state index contributed by atoms with van der Waals surface area (Å²) in [6, 6.07) is 10.8. The summed E-state index contributed by atoms with van der Waals surface area (Å²) in [7, 11) is 0. The first-order chi connectivity index (χ1) is 19.2. The minimum Gasteiger partial charge on any atom is -0.348 e. The average molecular weight is 551 g/mol. The van der Waals surface area contributed by atoms with Crippen molar-refractivity contribution in [2.24, 2.45) is 5.92 Å². The fourth-order valence-corrected chi connectivity index (χ4v) is 5.14. The molecule has 0 saturated carbocycles. The maximum absolute atomic E-state index is 14.0. The molecular weight excluding hydrogens is 510 g/mol. The first-order valence-electron chi connectivity index (χ1n) is 14.3. The van der Waals surface area contributed by atoms with Gasteiger partial charge >= 0.3 is 0 Å². The number of pyridine rings is 1. The van der Waals surface area contributed by atoms with E-state index in [9.17, 15) is 18.4 Å². The summed E-state index contributed by atoms with van der Waals surface area (Å²) in [5, 5.41) is 2.61. The average Bonchev–Trinajstić information content (AvgIpc) is 2.95. The number of likely N-dealkylation sites (tertiary alicyclic amines) is 1. The Morgan fingerprint density at radius 1 is 1.10 bits per heavy atom. The van der Waals surface area contributed by atoms with Crippen LogP contribution in [0.5, 0.6) is 0 Å². The van der Waals surface area contributed by atoms with Crippen molar-refractivity contribution < 1.29 is 18.4 Å². The number of benzene rings is 1. The van der Waals surface area contributed by atoms with Gasteiger partial charge in [-0.25, -0.2) is 8.78 Å². The van der Waals surface area contributed by atoms with E-state index in [4.69, 9.17) is 0 Å². The van der Waals surface area contributed by atoms with Gasteiger partial charge in [0.25, 0.3) is 11.8 Å². The van der Waals surface area contributed by atoms with Crippen LogP contribution < -0.4 is 5.32 Å². The second-order valence-corrected chi connectivity index (χ2v) is 11.3. The Bertz CT molecular complexity index is 1230. The monoisotopic (exact) mass is 550 g/mol. The molecule has 0 spiro atoms. The Morgan fingerprint density at radius 2 is 1.82 bits per heavy atom. The van der Waals surface area contributed by atoms with E-state index >= 15 is 0 Å². The summed E-state index contributed by atoms with van der Waals surface area (Å²) < 4.78 is 27.9.